The monoisotopic (exact) mass is 227 g/mol. The van der Waals surface area contributed by atoms with Crippen LogP contribution in [0.25, 0.3) is 0 Å². The van der Waals surface area contributed by atoms with Crippen LogP contribution in [0.1, 0.15) is 18.9 Å². The van der Waals surface area contributed by atoms with Crippen LogP contribution in [0.5, 0.6) is 0 Å². The van der Waals surface area contributed by atoms with E-state index >= 15 is 0 Å². The molecule has 0 aromatic carbocycles. The number of hydrogen-bond acceptors (Lipinski definition) is 3. The molecule has 1 aromatic heterocycles. The minimum Gasteiger partial charge on any atom is -0.480 e. The summed E-state index contributed by atoms with van der Waals surface area (Å²) in [6.07, 6.45) is 1.94. The predicted molar refractivity (Wildman–Crippen MR) is 62.4 cm³/mol. The van der Waals surface area contributed by atoms with Gasteiger partial charge in [0.15, 0.2) is 0 Å². The molecular formula is C11H17NO2S. The van der Waals surface area contributed by atoms with Crippen LogP contribution < -0.4 is 0 Å². The second-order valence-electron chi connectivity index (χ2n) is 3.55. The number of rotatable bonds is 7. The number of nitrogens with zero attached hydrogens (tertiary/aromatic N) is 1. The first kappa shape index (κ1) is 12.2. The van der Waals surface area contributed by atoms with E-state index in [-0.39, 0.29) is 6.54 Å². The molecule has 1 heterocycles. The van der Waals surface area contributed by atoms with Crippen LogP contribution in [0.15, 0.2) is 16.8 Å². The number of hydrogen-bond donors (Lipinski definition) is 1. The molecule has 1 N–H and O–H groups in total. The van der Waals surface area contributed by atoms with Crippen molar-refractivity contribution >= 4 is 17.3 Å². The van der Waals surface area contributed by atoms with E-state index < -0.39 is 5.97 Å². The molecular weight excluding hydrogens is 210 g/mol. The van der Waals surface area contributed by atoms with Crippen molar-refractivity contribution in [3.05, 3.63) is 22.4 Å². The van der Waals surface area contributed by atoms with E-state index in [9.17, 15) is 4.79 Å². The molecule has 0 saturated heterocycles. The molecule has 0 bridgehead atoms. The summed E-state index contributed by atoms with van der Waals surface area (Å²) in [6.45, 7) is 3.91. The first-order valence-electron chi connectivity index (χ1n) is 5.17. The molecule has 15 heavy (non-hydrogen) atoms. The molecule has 0 saturated carbocycles. The Bertz CT molecular complexity index is 285. The molecule has 84 valence electrons. The van der Waals surface area contributed by atoms with Crippen molar-refractivity contribution in [3.63, 3.8) is 0 Å². The highest BCUT2D eigenvalue weighted by Crippen LogP contribution is 2.07. The zero-order chi connectivity index (χ0) is 11.1. The van der Waals surface area contributed by atoms with E-state index in [2.05, 4.69) is 23.8 Å². The number of aliphatic carboxylic acids is 1. The minimum atomic E-state index is -0.742. The molecule has 0 radical (unpaired) electrons. The molecule has 1 aromatic rings. The topological polar surface area (TPSA) is 40.5 Å². The summed E-state index contributed by atoms with van der Waals surface area (Å²) in [4.78, 5) is 12.6. The SMILES string of the molecule is CCCN(CCc1ccsc1)CC(=O)O. The number of thiophene rings is 1. The molecule has 0 fully saturated rings. The summed E-state index contributed by atoms with van der Waals surface area (Å²) in [7, 11) is 0. The molecule has 0 atom stereocenters. The Morgan fingerprint density at radius 3 is 2.87 bits per heavy atom. The molecule has 0 amide bonds. The zero-order valence-electron chi connectivity index (χ0n) is 8.98. The van der Waals surface area contributed by atoms with Crippen LogP contribution in [0.4, 0.5) is 0 Å². The van der Waals surface area contributed by atoms with Crippen LogP contribution in [0, 0.1) is 0 Å². The van der Waals surface area contributed by atoms with Gasteiger partial charge in [-0.05, 0) is 41.8 Å². The van der Waals surface area contributed by atoms with Crippen molar-refractivity contribution < 1.29 is 9.90 Å². The lowest BCUT2D eigenvalue weighted by Crippen LogP contribution is -2.32. The van der Waals surface area contributed by atoms with Gasteiger partial charge in [0.1, 0.15) is 0 Å². The standard InChI is InChI=1S/C11H17NO2S/c1-2-5-12(8-11(13)14)6-3-10-4-7-15-9-10/h4,7,9H,2-3,5-6,8H2,1H3,(H,13,14). The highest BCUT2D eigenvalue weighted by molar-refractivity contribution is 7.07. The Labute approximate surface area is 94.3 Å². The van der Waals surface area contributed by atoms with Gasteiger partial charge in [-0.1, -0.05) is 6.92 Å². The Hall–Kier alpha value is -0.870. The van der Waals surface area contributed by atoms with Gasteiger partial charge in [-0.25, -0.2) is 0 Å². The predicted octanol–water partition coefficient (Wildman–Crippen LogP) is 2.09. The van der Waals surface area contributed by atoms with E-state index in [4.69, 9.17) is 5.11 Å². The van der Waals surface area contributed by atoms with Crippen molar-refractivity contribution in [1.82, 2.24) is 4.90 Å². The second kappa shape index (κ2) is 6.58. The normalized spacial score (nSPS) is 10.8. The van der Waals surface area contributed by atoms with Gasteiger partial charge in [-0.3, -0.25) is 9.69 Å². The van der Waals surface area contributed by atoms with Crippen molar-refractivity contribution in [2.75, 3.05) is 19.6 Å². The van der Waals surface area contributed by atoms with Gasteiger partial charge in [-0.2, -0.15) is 11.3 Å². The lowest BCUT2D eigenvalue weighted by molar-refractivity contribution is -0.138. The maximum absolute atomic E-state index is 10.6. The Morgan fingerprint density at radius 1 is 1.53 bits per heavy atom. The van der Waals surface area contributed by atoms with Gasteiger partial charge < -0.3 is 5.11 Å². The van der Waals surface area contributed by atoms with E-state index in [1.54, 1.807) is 11.3 Å². The highest BCUT2D eigenvalue weighted by Gasteiger charge is 2.08. The van der Waals surface area contributed by atoms with Gasteiger partial charge >= 0.3 is 5.97 Å². The maximum atomic E-state index is 10.6. The third-order valence-corrected chi connectivity index (χ3v) is 2.93. The summed E-state index contributed by atoms with van der Waals surface area (Å²) in [5.41, 5.74) is 1.30. The van der Waals surface area contributed by atoms with Crippen molar-refractivity contribution in [2.24, 2.45) is 0 Å². The molecule has 0 aliphatic heterocycles. The Morgan fingerprint density at radius 2 is 2.33 bits per heavy atom. The van der Waals surface area contributed by atoms with Gasteiger partial charge in [0.2, 0.25) is 0 Å². The maximum Gasteiger partial charge on any atom is 0.317 e. The summed E-state index contributed by atoms with van der Waals surface area (Å²) in [6, 6.07) is 2.09. The highest BCUT2D eigenvalue weighted by atomic mass is 32.1. The van der Waals surface area contributed by atoms with E-state index in [1.165, 1.54) is 5.56 Å². The third kappa shape index (κ3) is 4.95. The first-order valence-corrected chi connectivity index (χ1v) is 6.12. The second-order valence-corrected chi connectivity index (χ2v) is 4.33. The third-order valence-electron chi connectivity index (χ3n) is 2.20. The lowest BCUT2D eigenvalue weighted by Gasteiger charge is -2.18. The van der Waals surface area contributed by atoms with Crippen LogP contribution in [-0.2, 0) is 11.2 Å². The van der Waals surface area contributed by atoms with E-state index in [0.717, 1.165) is 25.9 Å². The average Bonchev–Trinajstić information content (AvgIpc) is 2.66. The summed E-state index contributed by atoms with van der Waals surface area (Å²) in [5, 5.41) is 12.9. The fraction of sp³-hybridized carbons (Fsp3) is 0.545. The molecule has 0 unspecified atom stereocenters. The molecule has 3 nitrogen and oxygen atoms in total. The number of carboxylic acids is 1. The minimum absolute atomic E-state index is 0.151. The largest absolute Gasteiger partial charge is 0.480 e. The molecule has 0 aliphatic carbocycles. The summed E-state index contributed by atoms with van der Waals surface area (Å²) in [5.74, 6) is -0.742. The van der Waals surface area contributed by atoms with Gasteiger partial charge in [0.05, 0.1) is 6.54 Å². The first-order chi connectivity index (χ1) is 7.22. The van der Waals surface area contributed by atoms with Gasteiger partial charge in [0, 0.05) is 6.54 Å². The number of carbonyl (C=O) groups is 1. The molecule has 0 spiro atoms. The Balaban J connectivity index is 2.34. The van der Waals surface area contributed by atoms with Crippen LogP contribution in [-0.4, -0.2) is 35.6 Å². The zero-order valence-corrected chi connectivity index (χ0v) is 9.80. The quantitative estimate of drug-likeness (QED) is 0.775. The fourth-order valence-electron chi connectivity index (χ4n) is 1.50. The summed E-state index contributed by atoms with van der Waals surface area (Å²) < 4.78 is 0. The summed E-state index contributed by atoms with van der Waals surface area (Å²) >= 11 is 1.68. The van der Waals surface area contributed by atoms with Crippen LogP contribution >= 0.6 is 11.3 Å². The Kier molecular flexibility index (Phi) is 5.36. The molecule has 4 heteroatoms. The van der Waals surface area contributed by atoms with Gasteiger partial charge in [0.25, 0.3) is 0 Å². The van der Waals surface area contributed by atoms with Crippen molar-refractivity contribution in [3.8, 4) is 0 Å². The van der Waals surface area contributed by atoms with Crippen LogP contribution in [0.2, 0.25) is 0 Å². The van der Waals surface area contributed by atoms with E-state index in [0.29, 0.717) is 0 Å². The fourth-order valence-corrected chi connectivity index (χ4v) is 2.20. The van der Waals surface area contributed by atoms with Crippen LogP contribution in [0.3, 0.4) is 0 Å². The van der Waals surface area contributed by atoms with Crippen molar-refractivity contribution in [2.45, 2.75) is 19.8 Å². The molecule has 1 rings (SSSR count). The lowest BCUT2D eigenvalue weighted by atomic mass is 10.2. The van der Waals surface area contributed by atoms with E-state index in [1.807, 2.05) is 4.90 Å². The average molecular weight is 227 g/mol. The van der Waals surface area contributed by atoms with Gasteiger partial charge in [-0.15, -0.1) is 0 Å². The molecule has 0 aliphatic rings. The smallest absolute Gasteiger partial charge is 0.317 e. The number of carboxylic acid groups (broad SMARTS) is 1. The van der Waals surface area contributed by atoms with Crippen molar-refractivity contribution in [1.29, 1.82) is 0 Å².